The number of rotatable bonds is 14. The molecule has 0 amide bonds. The van der Waals surface area contributed by atoms with Gasteiger partial charge in [0, 0.05) is 35.4 Å². The van der Waals surface area contributed by atoms with Crippen molar-refractivity contribution in [2.45, 2.75) is 98.7 Å². The van der Waals surface area contributed by atoms with Crippen LogP contribution in [0.2, 0.25) is 23.2 Å². The predicted octanol–water partition coefficient (Wildman–Crippen LogP) is 8.72. The summed E-state index contributed by atoms with van der Waals surface area (Å²) in [6.45, 7) is 16.2. The second-order valence-corrected chi connectivity index (χ2v) is 16.9. The van der Waals surface area contributed by atoms with Gasteiger partial charge in [0.2, 0.25) is 0 Å². The molecular weight excluding hydrogens is 554 g/mol. The maximum absolute atomic E-state index is 13.1. The summed E-state index contributed by atoms with van der Waals surface area (Å²) < 4.78 is 11.9. The third-order valence-electron chi connectivity index (χ3n) is 7.88. The highest BCUT2D eigenvalue weighted by molar-refractivity contribution is 6.74. The number of esters is 1. The first-order chi connectivity index (χ1) is 19.0. The van der Waals surface area contributed by atoms with Gasteiger partial charge in [-0.1, -0.05) is 58.9 Å². The Morgan fingerprint density at radius 3 is 2.51 bits per heavy atom. The number of nitrogens with zero attached hydrogens (tertiary/aromatic N) is 1. The molecule has 0 aliphatic rings. The van der Waals surface area contributed by atoms with E-state index in [1.54, 1.807) is 0 Å². The van der Waals surface area contributed by atoms with Gasteiger partial charge in [0.25, 0.3) is 0 Å². The van der Waals surface area contributed by atoms with Crippen LogP contribution >= 0.6 is 11.6 Å². The number of fused-ring (bicyclic) bond motifs is 1. The van der Waals surface area contributed by atoms with Gasteiger partial charge in [0.1, 0.15) is 5.69 Å². The molecule has 0 saturated carbocycles. The molecule has 3 aromatic rings. The molecule has 0 saturated heterocycles. The van der Waals surface area contributed by atoms with Crippen LogP contribution in [-0.2, 0) is 22.0 Å². The molecule has 0 fully saturated rings. The molecule has 0 aliphatic carbocycles. The van der Waals surface area contributed by atoms with Crippen molar-refractivity contribution in [3.63, 3.8) is 0 Å². The second kappa shape index (κ2) is 15.2. The van der Waals surface area contributed by atoms with E-state index in [2.05, 4.69) is 62.0 Å². The normalized spacial score (nSPS) is 12.3. The predicted molar refractivity (Wildman–Crippen MR) is 174 cm³/mol. The molecular formula is C32H50ClN3O4Si. The van der Waals surface area contributed by atoms with Crippen LogP contribution in [-0.4, -0.2) is 54.4 Å². The standard InChI is InChI=1S/C31H46ClN3O4Si.CH4/c1-8-24-27(25(35-34-24)16-12-10-11-13-19-36)26-23(32)18-17-22-21(29(33-28(22)26)30(37)38-9-2)15-14-20-39-40(6,7)31(3,4)5;/h12,16-18,33,36H,8-11,13-15,19-20H2,1-7H3,(H,34,35);1H4/b16-12-;. The van der Waals surface area contributed by atoms with Crippen LogP contribution in [0, 0.1) is 0 Å². The number of nitrogens with one attached hydrogen (secondary N) is 2. The van der Waals surface area contributed by atoms with E-state index in [1.165, 1.54) is 0 Å². The number of aromatic amines is 2. The van der Waals surface area contributed by atoms with Gasteiger partial charge >= 0.3 is 5.97 Å². The average Bonchev–Trinajstić information content (AvgIpc) is 3.47. The van der Waals surface area contributed by atoms with Gasteiger partial charge in [-0.15, -0.1) is 0 Å². The zero-order valence-corrected chi connectivity index (χ0v) is 26.9. The van der Waals surface area contributed by atoms with Gasteiger partial charge in [-0.2, -0.15) is 5.10 Å². The van der Waals surface area contributed by atoms with E-state index in [0.29, 0.717) is 30.4 Å². The van der Waals surface area contributed by atoms with Gasteiger partial charge in [-0.05, 0) is 81.3 Å². The molecule has 1 aromatic carbocycles. The van der Waals surface area contributed by atoms with Crippen LogP contribution < -0.4 is 0 Å². The SMILES string of the molecule is C.CCOC(=O)c1[nH]c2c(-c3c(/C=C\CCCCO)n[nH]c3CC)c(Cl)ccc2c1CCCO[Si](C)(C)C(C)(C)C. The largest absolute Gasteiger partial charge is 0.461 e. The minimum absolute atomic E-state index is 0. The summed E-state index contributed by atoms with van der Waals surface area (Å²) in [5, 5.41) is 18.5. The summed E-state index contributed by atoms with van der Waals surface area (Å²) in [5.74, 6) is -0.368. The number of aliphatic hydroxyl groups excluding tert-OH is 1. The number of aliphatic hydroxyl groups is 1. The van der Waals surface area contributed by atoms with E-state index in [4.69, 9.17) is 25.9 Å². The Labute approximate surface area is 252 Å². The number of halogens is 1. The average molecular weight is 604 g/mol. The van der Waals surface area contributed by atoms with Crippen LogP contribution in [0.4, 0.5) is 0 Å². The molecule has 2 heterocycles. The van der Waals surface area contributed by atoms with Gasteiger partial charge in [0.05, 0.1) is 22.8 Å². The fourth-order valence-electron chi connectivity index (χ4n) is 4.59. The summed E-state index contributed by atoms with van der Waals surface area (Å²) in [5.41, 5.74) is 5.73. The number of aryl methyl sites for hydroxylation is 2. The molecule has 0 bridgehead atoms. The molecule has 228 valence electrons. The van der Waals surface area contributed by atoms with Gasteiger partial charge < -0.3 is 19.3 Å². The first-order valence-electron chi connectivity index (χ1n) is 14.5. The highest BCUT2D eigenvalue weighted by Gasteiger charge is 2.37. The number of carbonyl (C=O) groups is 1. The van der Waals surface area contributed by atoms with Gasteiger partial charge in [0.15, 0.2) is 8.32 Å². The van der Waals surface area contributed by atoms with Crippen LogP contribution in [0.5, 0.6) is 0 Å². The quantitative estimate of drug-likeness (QED) is 0.0971. The first-order valence-corrected chi connectivity index (χ1v) is 17.7. The number of benzene rings is 1. The van der Waals surface area contributed by atoms with E-state index >= 15 is 0 Å². The van der Waals surface area contributed by atoms with Gasteiger partial charge in [-0.25, -0.2) is 4.79 Å². The molecule has 0 aliphatic heterocycles. The molecule has 9 heteroatoms. The lowest BCUT2D eigenvalue weighted by Crippen LogP contribution is -2.41. The monoisotopic (exact) mass is 603 g/mol. The second-order valence-electron chi connectivity index (χ2n) is 11.7. The lowest BCUT2D eigenvalue weighted by atomic mass is 9.97. The molecule has 3 rings (SSSR count). The zero-order chi connectivity index (χ0) is 29.5. The van der Waals surface area contributed by atoms with Crippen LogP contribution in [0.1, 0.15) is 95.2 Å². The molecule has 0 radical (unpaired) electrons. The van der Waals surface area contributed by atoms with E-state index < -0.39 is 8.32 Å². The van der Waals surface area contributed by atoms with Crippen molar-refractivity contribution in [2.75, 3.05) is 19.8 Å². The Kier molecular flexibility index (Phi) is 12.9. The summed E-state index contributed by atoms with van der Waals surface area (Å²) in [7, 11) is -1.86. The first kappa shape index (κ1) is 34.8. The number of carbonyl (C=O) groups excluding carboxylic acids is 1. The van der Waals surface area contributed by atoms with Gasteiger partial charge in [-0.3, -0.25) is 5.10 Å². The van der Waals surface area contributed by atoms with Crippen molar-refractivity contribution in [3.05, 3.63) is 45.9 Å². The van der Waals surface area contributed by atoms with Crippen LogP contribution in [0.25, 0.3) is 28.1 Å². The third-order valence-corrected chi connectivity index (χ3v) is 12.7. The minimum atomic E-state index is -1.86. The summed E-state index contributed by atoms with van der Waals surface area (Å²) in [4.78, 5) is 16.5. The van der Waals surface area contributed by atoms with Crippen LogP contribution in [0.15, 0.2) is 18.2 Å². The Morgan fingerprint density at radius 2 is 1.88 bits per heavy atom. The third kappa shape index (κ3) is 8.12. The van der Waals surface area contributed by atoms with E-state index in [1.807, 2.05) is 25.1 Å². The highest BCUT2D eigenvalue weighted by atomic mass is 35.5. The Bertz CT molecular complexity index is 1320. The molecule has 0 atom stereocenters. The minimum Gasteiger partial charge on any atom is -0.461 e. The Morgan fingerprint density at radius 1 is 1.15 bits per heavy atom. The maximum atomic E-state index is 13.1. The molecule has 2 aromatic heterocycles. The maximum Gasteiger partial charge on any atom is 0.355 e. The van der Waals surface area contributed by atoms with E-state index in [9.17, 15) is 4.79 Å². The topological polar surface area (TPSA) is 100 Å². The Balaban J connectivity index is 0.00000588. The number of hydrogen-bond acceptors (Lipinski definition) is 5. The summed E-state index contributed by atoms with van der Waals surface area (Å²) >= 11 is 6.88. The number of hydrogen-bond donors (Lipinski definition) is 3. The fraction of sp³-hybridized carbons (Fsp3) is 0.562. The summed E-state index contributed by atoms with van der Waals surface area (Å²) in [6, 6.07) is 3.89. The number of ether oxygens (including phenoxy) is 1. The fourth-order valence-corrected chi connectivity index (χ4v) is 5.93. The lowest BCUT2D eigenvalue weighted by Gasteiger charge is -2.36. The van der Waals surface area contributed by atoms with Crippen molar-refractivity contribution in [2.24, 2.45) is 0 Å². The van der Waals surface area contributed by atoms with Crippen LogP contribution in [0.3, 0.4) is 0 Å². The zero-order valence-electron chi connectivity index (χ0n) is 25.2. The molecule has 3 N–H and O–H groups in total. The Hall–Kier alpha value is -2.39. The van der Waals surface area contributed by atoms with Crippen molar-refractivity contribution < 1.29 is 19.1 Å². The highest BCUT2D eigenvalue weighted by Crippen LogP contribution is 2.41. The molecule has 0 unspecified atom stereocenters. The van der Waals surface area contributed by atoms with E-state index in [-0.39, 0.29) is 25.0 Å². The molecule has 7 nitrogen and oxygen atoms in total. The molecule has 41 heavy (non-hydrogen) atoms. The van der Waals surface area contributed by atoms with Crippen molar-refractivity contribution in [1.29, 1.82) is 0 Å². The smallest absolute Gasteiger partial charge is 0.355 e. The number of allylic oxidation sites excluding steroid dienone is 1. The summed E-state index contributed by atoms with van der Waals surface area (Å²) in [6.07, 6.45) is 8.82. The number of aromatic nitrogens is 3. The lowest BCUT2D eigenvalue weighted by molar-refractivity contribution is 0.0519. The number of H-pyrrole nitrogens is 2. The van der Waals surface area contributed by atoms with E-state index in [0.717, 1.165) is 71.1 Å². The van der Waals surface area contributed by atoms with Crippen molar-refractivity contribution >= 4 is 42.9 Å². The number of unbranched alkanes of at least 4 members (excludes halogenated alkanes) is 2. The molecule has 0 spiro atoms. The van der Waals surface area contributed by atoms with Crippen molar-refractivity contribution in [1.82, 2.24) is 15.2 Å². The van der Waals surface area contributed by atoms with Crippen molar-refractivity contribution in [3.8, 4) is 11.1 Å².